The van der Waals surface area contributed by atoms with Crippen molar-refractivity contribution in [1.29, 1.82) is 0 Å². The predicted octanol–water partition coefficient (Wildman–Crippen LogP) is 2.93. The second kappa shape index (κ2) is 7.34. The maximum Gasteiger partial charge on any atom is 0.334 e. The van der Waals surface area contributed by atoms with Crippen molar-refractivity contribution in [3.8, 4) is 5.75 Å². The van der Waals surface area contributed by atoms with Gasteiger partial charge in [-0.05, 0) is 37.5 Å². The summed E-state index contributed by atoms with van der Waals surface area (Å²) in [4.78, 5) is 36.6. The second-order valence-electron chi connectivity index (χ2n) is 5.78. The molecule has 1 aromatic carbocycles. The average Bonchev–Trinajstić information content (AvgIpc) is 3.15. The van der Waals surface area contributed by atoms with Crippen LogP contribution in [0, 0.1) is 15.9 Å². The van der Waals surface area contributed by atoms with Gasteiger partial charge in [0.05, 0.1) is 11.2 Å². The summed E-state index contributed by atoms with van der Waals surface area (Å²) in [7, 11) is 0. The predicted molar refractivity (Wildman–Crippen MR) is 86.1 cm³/mol. The molecule has 0 N–H and O–H groups in total. The number of esters is 1. The summed E-state index contributed by atoms with van der Waals surface area (Å²) in [5.41, 5.74) is -0.528. The Labute approximate surface area is 147 Å². The van der Waals surface area contributed by atoms with E-state index in [9.17, 15) is 24.1 Å². The third-order valence-corrected chi connectivity index (χ3v) is 4.10. The van der Waals surface area contributed by atoms with Crippen LogP contribution in [0.2, 0.25) is 0 Å². The number of ether oxygens (including phenoxy) is 1. The Bertz CT molecular complexity index is 836. The van der Waals surface area contributed by atoms with Gasteiger partial charge in [-0.25, -0.2) is 9.18 Å². The van der Waals surface area contributed by atoms with E-state index in [2.05, 4.69) is 0 Å². The van der Waals surface area contributed by atoms with E-state index in [1.54, 1.807) is 6.07 Å². The normalized spacial score (nSPS) is 17.0. The molecule has 0 bridgehead atoms. The SMILES string of the molecule is O=C(Oc1cc(F)ccc1[N+](=O)[O-])C1CCCCN1C(=O)c1ccco1. The number of benzene rings is 1. The van der Waals surface area contributed by atoms with Crippen LogP contribution in [0.1, 0.15) is 29.8 Å². The molecule has 0 aliphatic carbocycles. The van der Waals surface area contributed by atoms with Gasteiger partial charge in [0.15, 0.2) is 5.76 Å². The fraction of sp³-hybridized carbons (Fsp3) is 0.294. The van der Waals surface area contributed by atoms with E-state index in [4.69, 9.17) is 9.15 Å². The Morgan fingerprint density at radius 2 is 2.12 bits per heavy atom. The van der Waals surface area contributed by atoms with E-state index in [-0.39, 0.29) is 5.76 Å². The third-order valence-electron chi connectivity index (χ3n) is 4.10. The van der Waals surface area contributed by atoms with Crippen molar-refractivity contribution in [3.05, 3.63) is 58.3 Å². The molecule has 2 aromatic rings. The number of hydrogen-bond donors (Lipinski definition) is 0. The zero-order valence-electron chi connectivity index (χ0n) is 13.6. The van der Waals surface area contributed by atoms with Gasteiger partial charge in [0.1, 0.15) is 11.9 Å². The summed E-state index contributed by atoms with van der Waals surface area (Å²) >= 11 is 0. The molecule has 8 nitrogen and oxygen atoms in total. The fourth-order valence-electron chi connectivity index (χ4n) is 2.86. The molecular formula is C17H15FN2O6. The van der Waals surface area contributed by atoms with E-state index in [0.717, 1.165) is 18.2 Å². The zero-order valence-corrected chi connectivity index (χ0v) is 13.6. The van der Waals surface area contributed by atoms with Crippen LogP contribution in [0.25, 0.3) is 0 Å². The molecule has 1 aliphatic heterocycles. The summed E-state index contributed by atoms with van der Waals surface area (Å²) in [6, 6.07) is 4.71. The smallest absolute Gasteiger partial charge is 0.334 e. The standard InChI is InChI=1S/C17H15FN2O6/c18-11-6-7-12(20(23)24)15(10-11)26-17(22)13-4-1-2-8-19(13)16(21)14-5-3-9-25-14/h3,5-7,9-10,13H,1-2,4,8H2. The van der Waals surface area contributed by atoms with Crippen LogP contribution in [0.4, 0.5) is 10.1 Å². The van der Waals surface area contributed by atoms with Gasteiger partial charge in [0.25, 0.3) is 5.91 Å². The molecule has 1 aliphatic rings. The van der Waals surface area contributed by atoms with Crippen LogP contribution >= 0.6 is 0 Å². The number of nitro groups is 1. The Balaban J connectivity index is 1.83. The molecule has 9 heteroatoms. The first kappa shape index (κ1) is 17.6. The minimum atomic E-state index is -0.927. The van der Waals surface area contributed by atoms with Gasteiger partial charge < -0.3 is 14.1 Å². The van der Waals surface area contributed by atoms with Crippen molar-refractivity contribution >= 4 is 17.6 Å². The van der Waals surface area contributed by atoms with Gasteiger partial charge in [-0.1, -0.05) is 0 Å². The molecule has 1 amide bonds. The van der Waals surface area contributed by atoms with Gasteiger partial charge in [-0.2, -0.15) is 0 Å². The van der Waals surface area contributed by atoms with Crippen molar-refractivity contribution in [2.45, 2.75) is 25.3 Å². The van der Waals surface area contributed by atoms with Crippen molar-refractivity contribution in [2.75, 3.05) is 6.54 Å². The fourth-order valence-corrected chi connectivity index (χ4v) is 2.86. The topological polar surface area (TPSA) is 103 Å². The lowest BCUT2D eigenvalue weighted by Crippen LogP contribution is -2.49. The quantitative estimate of drug-likeness (QED) is 0.359. The molecular weight excluding hydrogens is 347 g/mol. The van der Waals surface area contributed by atoms with Crippen LogP contribution in [-0.2, 0) is 4.79 Å². The lowest BCUT2D eigenvalue weighted by molar-refractivity contribution is -0.385. The second-order valence-corrected chi connectivity index (χ2v) is 5.78. The van der Waals surface area contributed by atoms with Crippen molar-refractivity contribution in [3.63, 3.8) is 0 Å². The Morgan fingerprint density at radius 1 is 1.31 bits per heavy atom. The monoisotopic (exact) mass is 362 g/mol. The van der Waals surface area contributed by atoms with Crippen LogP contribution in [0.5, 0.6) is 5.75 Å². The number of furan rings is 1. The summed E-state index contributed by atoms with van der Waals surface area (Å²) in [5.74, 6) is -2.49. The molecule has 26 heavy (non-hydrogen) atoms. The van der Waals surface area contributed by atoms with Crippen molar-refractivity contribution in [1.82, 2.24) is 4.90 Å². The summed E-state index contributed by atoms with van der Waals surface area (Å²) in [5, 5.41) is 11.0. The number of piperidine rings is 1. The molecule has 1 aromatic heterocycles. The van der Waals surface area contributed by atoms with E-state index in [0.29, 0.717) is 25.8 Å². The largest absolute Gasteiger partial charge is 0.459 e. The molecule has 1 fully saturated rings. The molecule has 0 radical (unpaired) electrons. The highest BCUT2D eigenvalue weighted by molar-refractivity contribution is 5.95. The summed E-state index contributed by atoms with van der Waals surface area (Å²) < 4.78 is 23.6. The molecule has 136 valence electrons. The van der Waals surface area contributed by atoms with Gasteiger partial charge in [-0.15, -0.1) is 0 Å². The zero-order chi connectivity index (χ0) is 18.7. The highest BCUT2D eigenvalue weighted by Gasteiger charge is 2.36. The highest BCUT2D eigenvalue weighted by atomic mass is 19.1. The number of carbonyl (C=O) groups is 2. The van der Waals surface area contributed by atoms with E-state index in [1.165, 1.54) is 17.2 Å². The van der Waals surface area contributed by atoms with Gasteiger partial charge in [0.2, 0.25) is 5.75 Å². The molecule has 3 rings (SSSR count). The van der Waals surface area contributed by atoms with E-state index >= 15 is 0 Å². The van der Waals surface area contributed by atoms with Gasteiger partial charge >= 0.3 is 11.7 Å². The molecule has 1 saturated heterocycles. The van der Waals surface area contributed by atoms with Crippen LogP contribution in [0.15, 0.2) is 41.0 Å². The van der Waals surface area contributed by atoms with Crippen LogP contribution in [0.3, 0.4) is 0 Å². The lowest BCUT2D eigenvalue weighted by Gasteiger charge is -2.33. The minimum absolute atomic E-state index is 0.0847. The van der Waals surface area contributed by atoms with Gasteiger partial charge in [0, 0.05) is 18.7 Å². The van der Waals surface area contributed by atoms with Crippen LogP contribution in [-0.4, -0.2) is 34.3 Å². The minimum Gasteiger partial charge on any atom is -0.459 e. The lowest BCUT2D eigenvalue weighted by atomic mass is 10.0. The molecule has 2 heterocycles. The third kappa shape index (κ3) is 3.56. The van der Waals surface area contributed by atoms with Crippen molar-refractivity contribution < 1.29 is 28.1 Å². The molecule has 0 saturated carbocycles. The summed E-state index contributed by atoms with van der Waals surface area (Å²) in [6.45, 7) is 0.324. The molecule has 0 spiro atoms. The number of amides is 1. The maximum absolute atomic E-state index is 13.4. The first-order chi connectivity index (χ1) is 12.5. The number of likely N-dealkylation sites (tertiary alicyclic amines) is 1. The number of halogens is 1. The Kier molecular flexibility index (Phi) is 4.97. The first-order valence-electron chi connectivity index (χ1n) is 7.97. The van der Waals surface area contributed by atoms with E-state index in [1.807, 2.05) is 0 Å². The maximum atomic E-state index is 13.4. The number of nitro benzene ring substituents is 1. The Hall–Kier alpha value is -3.23. The van der Waals surface area contributed by atoms with Crippen LogP contribution < -0.4 is 4.74 Å². The average molecular weight is 362 g/mol. The number of nitrogens with zero attached hydrogens (tertiary/aromatic N) is 2. The molecule has 1 atom stereocenters. The Morgan fingerprint density at radius 3 is 2.81 bits per heavy atom. The number of hydrogen-bond acceptors (Lipinski definition) is 6. The van der Waals surface area contributed by atoms with Crippen molar-refractivity contribution in [2.24, 2.45) is 0 Å². The first-order valence-corrected chi connectivity index (χ1v) is 7.97. The summed E-state index contributed by atoms with van der Waals surface area (Å²) in [6.07, 6.45) is 3.08. The van der Waals surface area contributed by atoms with Gasteiger partial charge in [-0.3, -0.25) is 14.9 Å². The molecule has 1 unspecified atom stereocenters. The number of carbonyl (C=O) groups excluding carboxylic acids is 2. The van der Waals surface area contributed by atoms with E-state index < -0.39 is 40.1 Å². The highest BCUT2D eigenvalue weighted by Crippen LogP contribution is 2.29. The number of rotatable bonds is 4.